The second-order valence-corrected chi connectivity index (χ2v) is 6.69. The smallest absolute Gasteiger partial charge is 0.328 e. The van der Waals surface area contributed by atoms with E-state index in [4.69, 9.17) is 16.7 Å². The third-order valence-corrected chi connectivity index (χ3v) is 4.60. The van der Waals surface area contributed by atoms with Gasteiger partial charge in [0.05, 0.1) is 11.4 Å². The van der Waals surface area contributed by atoms with Crippen LogP contribution in [0.25, 0.3) is 11.6 Å². The van der Waals surface area contributed by atoms with Crippen LogP contribution in [0.2, 0.25) is 5.02 Å². The summed E-state index contributed by atoms with van der Waals surface area (Å²) in [4.78, 5) is 17.8. The van der Waals surface area contributed by atoms with Gasteiger partial charge in [0, 0.05) is 23.2 Å². The van der Waals surface area contributed by atoms with E-state index in [1.165, 1.54) is 18.9 Å². The van der Waals surface area contributed by atoms with Crippen LogP contribution in [0.15, 0.2) is 54.6 Å². The van der Waals surface area contributed by atoms with Crippen LogP contribution in [0.3, 0.4) is 0 Å². The van der Waals surface area contributed by atoms with E-state index < -0.39 is 5.97 Å². The summed E-state index contributed by atoms with van der Waals surface area (Å²) in [5.41, 5.74) is 3.50. The zero-order valence-corrected chi connectivity index (χ0v) is 15.2. The molecule has 0 unspecified atom stereocenters. The fourth-order valence-electron chi connectivity index (χ4n) is 3.04. The first-order valence-electron chi connectivity index (χ1n) is 8.69. The number of carboxylic acid groups (broad SMARTS) is 1. The number of hydrogen-bond acceptors (Lipinski definition) is 3. The summed E-state index contributed by atoms with van der Waals surface area (Å²) in [5.74, 6) is -0.986. The molecule has 3 rings (SSSR count). The maximum atomic E-state index is 10.8. The van der Waals surface area contributed by atoms with Crippen molar-refractivity contribution in [2.75, 3.05) is 19.6 Å². The summed E-state index contributed by atoms with van der Waals surface area (Å²) in [6.45, 7) is 3.12. The number of nitrogens with zero attached hydrogens (tertiary/aromatic N) is 2. The minimum Gasteiger partial charge on any atom is -0.478 e. The van der Waals surface area contributed by atoms with Crippen LogP contribution in [0, 0.1) is 0 Å². The highest BCUT2D eigenvalue weighted by molar-refractivity contribution is 6.30. The highest BCUT2D eigenvalue weighted by Gasteiger charge is 2.12. The topological polar surface area (TPSA) is 53.4 Å². The zero-order chi connectivity index (χ0) is 18.4. The minimum absolute atomic E-state index is 0.617. The first kappa shape index (κ1) is 18.4. The molecule has 1 aliphatic heterocycles. The van der Waals surface area contributed by atoms with Gasteiger partial charge in [-0.2, -0.15) is 0 Å². The maximum Gasteiger partial charge on any atom is 0.328 e. The lowest BCUT2D eigenvalue weighted by Crippen LogP contribution is -2.19. The molecule has 26 heavy (non-hydrogen) atoms. The van der Waals surface area contributed by atoms with E-state index in [0.717, 1.165) is 42.5 Å². The van der Waals surface area contributed by atoms with Crippen LogP contribution < -0.4 is 0 Å². The molecule has 0 spiro atoms. The third-order valence-electron chi connectivity index (χ3n) is 4.35. The van der Waals surface area contributed by atoms with Gasteiger partial charge < -0.3 is 5.11 Å². The van der Waals surface area contributed by atoms with E-state index in [9.17, 15) is 4.79 Å². The lowest BCUT2D eigenvalue weighted by molar-refractivity contribution is -0.131. The van der Waals surface area contributed by atoms with Crippen molar-refractivity contribution in [3.63, 3.8) is 0 Å². The molecule has 0 atom stereocenters. The van der Waals surface area contributed by atoms with Gasteiger partial charge >= 0.3 is 5.97 Å². The van der Waals surface area contributed by atoms with Crippen molar-refractivity contribution in [3.8, 4) is 0 Å². The number of aliphatic carboxylic acids is 1. The summed E-state index contributed by atoms with van der Waals surface area (Å²) in [6.07, 6.45) is 7.30. The number of likely N-dealkylation sites (tertiary alicyclic amines) is 1. The van der Waals surface area contributed by atoms with Gasteiger partial charge in [0.15, 0.2) is 0 Å². The Morgan fingerprint density at radius 3 is 2.58 bits per heavy atom. The lowest BCUT2D eigenvalue weighted by Gasteiger charge is -2.14. The largest absolute Gasteiger partial charge is 0.478 e. The fraction of sp³-hybridized carbons (Fsp3) is 0.238. The summed E-state index contributed by atoms with van der Waals surface area (Å²) >= 11 is 6.03. The molecular formula is C21H21ClN2O2. The number of carbonyl (C=O) groups is 1. The van der Waals surface area contributed by atoms with E-state index in [2.05, 4.69) is 16.0 Å². The van der Waals surface area contributed by atoms with Crippen LogP contribution >= 0.6 is 11.6 Å². The van der Waals surface area contributed by atoms with Gasteiger partial charge in [-0.3, -0.25) is 4.90 Å². The number of pyridine rings is 1. The van der Waals surface area contributed by atoms with Crippen LogP contribution in [-0.2, 0) is 4.79 Å². The molecule has 2 aromatic rings. The Hall–Kier alpha value is -2.43. The summed E-state index contributed by atoms with van der Waals surface area (Å²) in [5, 5.41) is 9.51. The second-order valence-electron chi connectivity index (χ2n) is 6.25. The summed E-state index contributed by atoms with van der Waals surface area (Å²) in [6, 6.07) is 13.3. The number of aromatic nitrogens is 1. The monoisotopic (exact) mass is 368 g/mol. The van der Waals surface area contributed by atoms with E-state index in [1.807, 2.05) is 36.4 Å². The van der Waals surface area contributed by atoms with E-state index in [0.29, 0.717) is 10.7 Å². The maximum absolute atomic E-state index is 10.8. The van der Waals surface area contributed by atoms with E-state index >= 15 is 0 Å². The van der Waals surface area contributed by atoms with E-state index in [-0.39, 0.29) is 0 Å². The van der Waals surface area contributed by atoms with Gasteiger partial charge in [-0.15, -0.1) is 0 Å². The highest BCUT2D eigenvalue weighted by atomic mass is 35.5. The summed E-state index contributed by atoms with van der Waals surface area (Å²) in [7, 11) is 0. The van der Waals surface area contributed by atoms with Gasteiger partial charge in [-0.25, -0.2) is 9.78 Å². The Balaban J connectivity index is 1.94. The van der Waals surface area contributed by atoms with Crippen molar-refractivity contribution in [1.82, 2.24) is 9.88 Å². The second kappa shape index (κ2) is 8.79. The molecule has 0 bridgehead atoms. The van der Waals surface area contributed by atoms with Crippen molar-refractivity contribution < 1.29 is 9.90 Å². The van der Waals surface area contributed by atoms with Crippen molar-refractivity contribution in [2.24, 2.45) is 0 Å². The molecule has 1 fully saturated rings. The highest BCUT2D eigenvalue weighted by Crippen LogP contribution is 2.24. The molecule has 0 radical (unpaired) electrons. The predicted octanol–water partition coefficient (Wildman–Crippen LogP) is 4.36. The first-order chi connectivity index (χ1) is 12.6. The van der Waals surface area contributed by atoms with Gasteiger partial charge in [0.1, 0.15) is 0 Å². The molecule has 1 saturated heterocycles. The Labute approximate surface area is 158 Å². The quantitative estimate of drug-likeness (QED) is 0.770. The molecule has 0 saturated carbocycles. The zero-order valence-electron chi connectivity index (χ0n) is 14.4. The Kier molecular flexibility index (Phi) is 6.21. The van der Waals surface area contributed by atoms with Crippen LogP contribution in [0.1, 0.15) is 29.8 Å². The molecule has 0 aliphatic carbocycles. The minimum atomic E-state index is -0.986. The molecule has 1 N–H and O–H groups in total. The van der Waals surface area contributed by atoms with Gasteiger partial charge in [-0.05, 0) is 61.8 Å². The predicted molar refractivity (Wildman–Crippen MR) is 105 cm³/mol. The molecule has 2 heterocycles. The van der Waals surface area contributed by atoms with Crippen molar-refractivity contribution >= 4 is 29.2 Å². The SMILES string of the molecule is O=C(O)/C=C/c1cccc(/C(=C/CN2CCCC2)c2ccc(Cl)cc2)n1. The fourth-order valence-corrected chi connectivity index (χ4v) is 3.16. The number of carboxylic acids is 1. The Morgan fingerprint density at radius 2 is 1.88 bits per heavy atom. The molecule has 1 aromatic heterocycles. The molecule has 0 amide bonds. The lowest BCUT2D eigenvalue weighted by atomic mass is 10.0. The first-order valence-corrected chi connectivity index (χ1v) is 9.06. The van der Waals surface area contributed by atoms with Gasteiger partial charge in [-0.1, -0.05) is 35.9 Å². The molecule has 134 valence electrons. The van der Waals surface area contributed by atoms with Crippen molar-refractivity contribution in [3.05, 3.63) is 76.6 Å². The number of halogens is 1. The van der Waals surface area contributed by atoms with Gasteiger partial charge in [0.25, 0.3) is 0 Å². The van der Waals surface area contributed by atoms with E-state index in [1.54, 1.807) is 6.07 Å². The van der Waals surface area contributed by atoms with Crippen molar-refractivity contribution in [1.29, 1.82) is 0 Å². The van der Waals surface area contributed by atoms with Crippen LogP contribution in [0.4, 0.5) is 0 Å². The normalized spacial score (nSPS) is 15.7. The molecule has 1 aromatic carbocycles. The third kappa shape index (κ3) is 5.04. The Bertz CT molecular complexity index is 822. The van der Waals surface area contributed by atoms with Crippen molar-refractivity contribution in [2.45, 2.75) is 12.8 Å². The van der Waals surface area contributed by atoms with Gasteiger partial charge in [0.2, 0.25) is 0 Å². The molecular weight excluding hydrogens is 348 g/mol. The number of benzene rings is 1. The number of hydrogen-bond donors (Lipinski definition) is 1. The molecule has 1 aliphatic rings. The Morgan fingerprint density at radius 1 is 1.15 bits per heavy atom. The average molecular weight is 369 g/mol. The summed E-state index contributed by atoms with van der Waals surface area (Å²) < 4.78 is 0. The van der Waals surface area contributed by atoms with Crippen LogP contribution in [-0.4, -0.2) is 40.6 Å². The standard InChI is InChI=1S/C21H21ClN2O2/c22-17-8-6-16(7-9-17)19(12-15-24-13-1-2-14-24)20-5-3-4-18(23-20)10-11-21(25)26/h3-12H,1-2,13-15H2,(H,25,26)/b11-10+,19-12+. The molecule has 5 heteroatoms. The van der Waals surface area contributed by atoms with Crippen LogP contribution in [0.5, 0.6) is 0 Å². The average Bonchev–Trinajstić information content (AvgIpc) is 3.15. The number of rotatable bonds is 6. The molecule has 4 nitrogen and oxygen atoms in total.